The van der Waals surface area contributed by atoms with Gasteiger partial charge in [-0.1, -0.05) is 6.42 Å². The van der Waals surface area contributed by atoms with Gasteiger partial charge in [0.1, 0.15) is 11.4 Å². The van der Waals surface area contributed by atoms with Gasteiger partial charge in [0.2, 0.25) is 0 Å². The first-order valence-corrected chi connectivity index (χ1v) is 10.3. The van der Waals surface area contributed by atoms with Gasteiger partial charge in [0.05, 0.1) is 4.92 Å². The molecule has 1 atom stereocenters. The molecule has 1 spiro atoms. The van der Waals surface area contributed by atoms with Crippen LogP contribution in [-0.4, -0.2) is 47.2 Å². The molecule has 30 heavy (non-hydrogen) atoms. The summed E-state index contributed by atoms with van der Waals surface area (Å²) in [6, 6.07) is 5.34. The van der Waals surface area contributed by atoms with Crippen molar-refractivity contribution in [2.24, 2.45) is 11.3 Å². The maximum Gasteiger partial charge on any atom is 0.412 e. The Balaban J connectivity index is 1.56. The van der Waals surface area contributed by atoms with Crippen molar-refractivity contribution in [1.82, 2.24) is 10.2 Å². The van der Waals surface area contributed by atoms with Crippen molar-refractivity contribution in [3.63, 3.8) is 0 Å². The first kappa shape index (κ1) is 21.9. The lowest BCUT2D eigenvalue weighted by molar-refractivity contribution is -0.384. The van der Waals surface area contributed by atoms with Crippen LogP contribution in [0.3, 0.4) is 0 Å². The first-order valence-electron chi connectivity index (χ1n) is 10.3. The third-order valence-corrected chi connectivity index (χ3v) is 5.94. The van der Waals surface area contributed by atoms with Crippen molar-refractivity contribution in [2.45, 2.75) is 52.1 Å². The van der Waals surface area contributed by atoms with Crippen LogP contribution in [0.2, 0.25) is 0 Å². The van der Waals surface area contributed by atoms with E-state index in [2.05, 4.69) is 5.32 Å². The summed E-state index contributed by atoms with van der Waals surface area (Å²) in [5.41, 5.74) is -0.469. The summed E-state index contributed by atoms with van der Waals surface area (Å²) in [7, 11) is 0. The summed E-state index contributed by atoms with van der Waals surface area (Å²) in [5.74, 6) is 0.354. The molecule has 1 saturated carbocycles. The second-order valence-electron chi connectivity index (χ2n) is 9.11. The van der Waals surface area contributed by atoms with Crippen LogP contribution in [0.25, 0.3) is 0 Å². The number of likely N-dealkylation sites (tertiary alicyclic amines) is 1. The third kappa shape index (κ3) is 5.20. The van der Waals surface area contributed by atoms with E-state index in [0.29, 0.717) is 19.6 Å². The van der Waals surface area contributed by atoms with Crippen LogP contribution in [0.1, 0.15) is 46.5 Å². The number of hydrogen-bond donors (Lipinski definition) is 1. The number of nitro groups is 1. The summed E-state index contributed by atoms with van der Waals surface area (Å²) in [6.07, 6.45) is 3.31. The predicted molar refractivity (Wildman–Crippen MR) is 109 cm³/mol. The van der Waals surface area contributed by atoms with E-state index in [0.717, 1.165) is 25.7 Å². The van der Waals surface area contributed by atoms with E-state index in [1.54, 1.807) is 4.90 Å². The van der Waals surface area contributed by atoms with Gasteiger partial charge < -0.3 is 19.7 Å². The summed E-state index contributed by atoms with van der Waals surface area (Å²) in [6.45, 7) is 7.12. The molecule has 2 fully saturated rings. The van der Waals surface area contributed by atoms with Gasteiger partial charge in [0.25, 0.3) is 5.69 Å². The molecule has 1 N–H and O–H groups in total. The topological polar surface area (TPSA) is 111 Å². The lowest BCUT2D eigenvalue weighted by Crippen LogP contribution is -2.56. The number of benzene rings is 1. The summed E-state index contributed by atoms with van der Waals surface area (Å²) >= 11 is 0. The van der Waals surface area contributed by atoms with Crippen molar-refractivity contribution in [3.8, 4) is 5.75 Å². The highest BCUT2D eigenvalue weighted by atomic mass is 16.6. The number of amides is 2. The van der Waals surface area contributed by atoms with Gasteiger partial charge in [-0.25, -0.2) is 9.59 Å². The number of hydrogen-bond acceptors (Lipinski definition) is 6. The molecule has 1 aliphatic heterocycles. The van der Waals surface area contributed by atoms with Gasteiger partial charge in [-0.05, 0) is 63.5 Å². The van der Waals surface area contributed by atoms with Crippen LogP contribution in [-0.2, 0) is 4.74 Å². The fourth-order valence-corrected chi connectivity index (χ4v) is 4.16. The maximum atomic E-state index is 12.5. The van der Waals surface area contributed by atoms with Crippen LogP contribution in [0.15, 0.2) is 24.3 Å². The number of carbonyl (C=O) groups excluding carboxylic acids is 2. The molecule has 3 rings (SSSR count). The lowest BCUT2D eigenvalue weighted by atomic mass is 9.57. The molecule has 1 saturated heterocycles. The molecular weight excluding hydrogens is 390 g/mol. The minimum atomic E-state index is -0.618. The molecule has 1 heterocycles. The second-order valence-corrected chi connectivity index (χ2v) is 9.11. The monoisotopic (exact) mass is 419 g/mol. The fraction of sp³-hybridized carbons (Fsp3) is 0.619. The van der Waals surface area contributed by atoms with Crippen LogP contribution in [0.4, 0.5) is 15.3 Å². The van der Waals surface area contributed by atoms with E-state index in [1.807, 2.05) is 20.8 Å². The van der Waals surface area contributed by atoms with E-state index in [9.17, 15) is 19.7 Å². The highest BCUT2D eigenvalue weighted by Crippen LogP contribution is 2.52. The van der Waals surface area contributed by atoms with Crippen LogP contribution in [0.5, 0.6) is 5.75 Å². The molecule has 2 amide bonds. The number of nitrogens with zero attached hydrogens (tertiary/aromatic N) is 2. The Bertz CT molecular complexity index is 798. The number of nitro benzene ring substituents is 1. The Morgan fingerprint density at radius 2 is 1.90 bits per heavy atom. The van der Waals surface area contributed by atoms with Gasteiger partial charge in [0, 0.05) is 31.8 Å². The van der Waals surface area contributed by atoms with Gasteiger partial charge in [-0.3, -0.25) is 10.1 Å². The van der Waals surface area contributed by atoms with Crippen molar-refractivity contribution < 1.29 is 24.0 Å². The average molecular weight is 419 g/mol. The smallest absolute Gasteiger partial charge is 0.412 e. The number of rotatable bonds is 4. The summed E-state index contributed by atoms with van der Waals surface area (Å²) in [5, 5.41) is 13.5. The molecule has 0 aromatic heterocycles. The highest BCUT2D eigenvalue weighted by molar-refractivity contribution is 5.70. The minimum Gasteiger partial charge on any atom is -0.444 e. The normalized spacial score (nSPS) is 20.2. The second kappa shape index (κ2) is 8.49. The maximum absolute atomic E-state index is 12.5. The molecule has 9 nitrogen and oxygen atoms in total. The van der Waals surface area contributed by atoms with E-state index < -0.39 is 16.6 Å². The number of ether oxygens (including phenoxy) is 2. The molecule has 0 bridgehead atoms. The molecule has 2 aliphatic rings. The molecule has 164 valence electrons. The van der Waals surface area contributed by atoms with Crippen molar-refractivity contribution >= 4 is 17.9 Å². The number of piperidine rings is 1. The van der Waals surface area contributed by atoms with Gasteiger partial charge in [0.15, 0.2) is 0 Å². The Hall–Kier alpha value is -2.84. The Labute approximate surface area is 175 Å². The van der Waals surface area contributed by atoms with Crippen LogP contribution >= 0.6 is 0 Å². The first-order chi connectivity index (χ1) is 14.1. The summed E-state index contributed by atoms with van der Waals surface area (Å²) in [4.78, 5) is 36.6. The molecule has 1 unspecified atom stereocenters. The zero-order valence-electron chi connectivity index (χ0n) is 17.7. The average Bonchev–Trinajstić information content (AvgIpc) is 2.64. The molecule has 1 aromatic rings. The van der Waals surface area contributed by atoms with Gasteiger partial charge in [-0.15, -0.1) is 0 Å². The Kier molecular flexibility index (Phi) is 6.19. The van der Waals surface area contributed by atoms with E-state index >= 15 is 0 Å². The van der Waals surface area contributed by atoms with Crippen LogP contribution < -0.4 is 10.1 Å². The third-order valence-electron chi connectivity index (χ3n) is 5.94. The standard InChI is InChI=1S/C21H29N3O6/c1-20(2,3)30-19(26)23-12-11-21(9-4-10-21)15(14-23)13-22-18(25)29-17-7-5-16(6-8-17)24(27)28/h5-8,15H,4,9-14H2,1-3H3,(H,22,25). The van der Waals surface area contributed by atoms with E-state index in [-0.39, 0.29) is 28.9 Å². The van der Waals surface area contributed by atoms with Crippen molar-refractivity contribution in [2.75, 3.05) is 19.6 Å². The zero-order valence-corrected chi connectivity index (χ0v) is 17.7. The minimum absolute atomic E-state index is 0.0703. The predicted octanol–water partition coefficient (Wildman–Crippen LogP) is 4.11. The van der Waals surface area contributed by atoms with Crippen molar-refractivity contribution in [3.05, 3.63) is 34.4 Å². The van der Waals surface area contributed by atoms with Crippen LogP contribution in [0, 0.1) is 21.4 Å². The summed E-state index contributed by atoms with van der Waals surface area (Å²) < 4.78 is 10.7. The molecule has 9 heteroatoms. The Morgan fingerprint density at radius 1 is 1.23 bits per heavy atom. The van der Waals surface area contributed by atoms with Crippen molar-refractivity contribution in [1.29, 1.82) is 0 Å². The highest BCUT2D eigenvalue weighted by Gasteiger charge is 2.48. The fourth-order valence-electron chi connectivity index (χ4n) is 4.16. The van der Waals surface area contributed by atoms with E-state index in [4.69, 9.17) is 9.47 Å². The SMILES string of the molecule is CC(C)(C)OC(=O)N1CCC2(CCC2)C(CNC(=O)Oc2ccc([N+](=O)[O-])cc2)C1. The molecule has 1 aromatic carbocycles. The zero-order chi connectivity index (χ0) is 21.9. The van der Waals surface area contributed by atoms with Gasteiger partial charge >= 0.3 is 12.2 Å². The molecular formula is C21H29N3O6. The largest absolute Gasteiger partial charge is 0.444 e. The number of nitrogens with one attached hydrogen (secondary N) is 1. The van der Waals surface area contributed by atoms with Gasteiger partial charge in [-0.2, -0.15) is 0 Å². The molecule has 1 aliphatic carbocycles. The number of carbonyl (C=O) groups is 2. The molecule has 0 radical (unpaired) electrons. The van der Waals surface area contributed by atoms with E-state index in [1.165, 1.54) is 24.3 Å². The quantitative estimate of drug-likeness (QED) is 0.581. The Morgan fingerprint density at radius 3 is 2.43 bits per heavy atom. The lowest BCUT2D eigenvalue weighted by Gasteiger charge is -2.53. The number of non-ortho nitro benzene ring substituents is 1.